The van der Waals surface area contributed by atoms with Crippen LogP contribution in [0, 0.1) is 5.21 Å². The van der Waals surface area contributed by atoms with E-state index in [1.54, 1.807) is 12.1 Å². The van der Waals surface area contributed by atoms with E-state index in [2.05, 4.69) is 9.47 Å². The van der Waals surface area contributed by atoms with Crippen LogP contribution in [0.2, 0.25) is 5.02 Å². The molecule has 0 unspecified atom stereocenters. The number of methoxy groups -OCH3 is 2. The molecule has 0 amide bonds. The summed E-state index contributed by atoms with van der Waals surface area (Å²) in [5.41, 5.74) is 0.314. The van der Waals surface area contributed by atoms with Crippen molar-refractivity contribution in [2.45, 2.75) is 5.92 Å². The van der Waals surface area contributed by atoms with Crippen LogP contribution in [-0.2, 0) is 19.1 Å². The Balaban J connectivity index is 2.77. The summed E-state index contributed by atoms with van der Waals surface area (Å²) in [6.45, 7) is 0. The number of fused-ring (bicyclic) bond motifs is 1. The van der Waals surface area contributed by atoms with Crippen LogP contribution in [-0.4, -0.2) is 26.2 Å². The van der Waals surface area contributed by atoms with Crippen molar-refractivity contribution in [1.29, 1.82) is 0 Å². The van der Waals surface area contributed by atoms with E-state index in [1.165, 1.54) is 18.3 Å². The molecule has 1 aromatic carbocycles. The first-order chi connectivity index (χ1) is 10.0. The zero-order chi connectivity index (χ0) is 15.6. The van der Waals surface area contributed by atoms with E-state index >= 15 is 0 Å². The van der Waals surface area contributed by atoms with Crippen molar-refractivity contribution in [2.24, 2.45) is 0 Å². The number of halogens is 1. The number of carbonyl (C=O) groups is 2. The average Bonchev–Trinajstić information content (AvgIpc) is 2.50. The highest BCUT2D eigenvalue weighted by molar-refractivity contribution is 6.35. The highest BCUT2D eigenvalue weighted by atomic mass is 35.5. The van der Waals surface area contributed by atoms with Crippen molar-refractivity contribution >= 4 is 34.4 Å². The summed E-state index contributed by atoms with van der Waals surface area (Å²) < 4.78 is 9.80. The van der Waals surface area contributed by atoms with Crippen molar-refractivity contribution in [3.63, 3.8) is 0 Å². The van der Waals surface area contributed by atoms with Gasteiger partial charge in [-0.25, -0.2) is 0 Å². The van der Waals surface area contributed by atoms with E-state index in [0.29, 0.717) is 15.1 Å². The number of aromatic nitrogens is 1. The van der Waals surface area contributed by atoms with E-state index in [1.807, 2.05) is 0 Å². The Morgan fingerprint density at radius 1 is 1.19 bits per heavy atom. The zero-order valence-corrected chi connectivity index (χ0v) is 12.1. The number of hydrogen-bond acceptors (Lipinski definition) is 5. The summed E-state index contributed by atoms with van der Waals surface area (Å²) in [7, 11) is 2.31. The molecular formula is C14H12ClNO5. The molecule has 0 fully saturated rings. The minimum atomic E-state index is -1.35. The maximum atomic E-state index is 12.0. The van der Waals surface area contributed by atoms with E-state index in [0.717, 1.165) is 14.2 Å². The molecule has 0 aliphatic rings. The predicted octanol–water partition coefficient (Wildman–Crippen LogP) is 1.56. The number of nitrogens with zero attached hydrogens (tertiary/aromatic N) is 1. The molecule has 0 radical (unpaired) electrons. The quantitative estimate of drug-likeness (QED) is 0.372. The van der Waals surface area contributed by atoms with E-state index in [-0.39, 0.29) is 11.1 Å². The molecule has 21 heavy (non-hydrogen) atoms. The molecular weight excluding hydrogens is 298 g/mol. The minimum Gasteiger partial charge on any atom is -0.618 e. The van der Waals surface area contributed by atoms with Crippen molar-refractivity contribution in [1.82, 2.24) is 0 Å². The lowest BCUT2D eigenvalue weighted by Gasteiger charge is -2.14. The number of ether oxygens (including phenoxy) is 2. The molecule has 0 bridgehead atoms. The van der Waals surface area contributed by atoms with E-state index < -0.39 is 17.9 Å². The highest BCUT2D eigenvalue weighted by Gasteiger charge is 2.34. The fourth-order valence-electron chi connectivity index (χ4n) is 2.12. The van der Waals surface area contributed by atoms with Gasteiger partial charge in [0.15, 0.2) is 12.1 Å². The molecule has 0 atom stereocenters. The Morgan fingerprint density at radius 3 is 2.38 bits per heavy atom. The summed E-state index contributed by atoms with van der Waals surface area (Å²) >= 11 is 6.05. The largest absolute Gasteiger partial charge is 0.618 e. The van der Waals surface area contributed by atoms with Gasteiger partial charge in [0.25, 0.3) is 0 Å². The van der Waals surface area contributed by atoms with Crippen LogP contribution in [0.4, 0.5) is 0 Å². The molecule has 6 nitrogen and oxygen atoms in total. The normalized spacial score (nSPS) is 10.7. The molecule has 0 aliphatic carbocycles. The maximum absolute atomic E-state index is 12.0. The maximum Gasteiger partial charge on any atom is 0.324 e. The molecule has 2 rings (SSSR count). The third kappa shape index (κ3) is 2.62. The number of rotatable bonds is 3. The Labute approximate surface area is 125 Å². The third-order valence-electron chi connectivity index (χ3n) is 3.09. The second-order valence-corrected chi connectivity index (χ2v) is 4.62. The van der Waals surface area contributed by atoms with Gasteiger partial charge in [-0.15, -0.1) is 0 Å². The molecule has 0 N–H and O–H groups in total. The fourth-order valence-corrected chi connectivity index (χ4v) is 2.33. The van der Waals surface area contributed by atoms with Gasteiger partial charge in [0.2, 0.25) is 5.52 Å². The first-order valence-corrected chi connectivity index (χ1v) is 6.35. The van der Waals surface area contributed by atoms with Gasteiger partial charge < -0.3 is 14.7 Å². The molecule has 110 valence electrons. The Hall–Kier alpha value is -2.34. The average molecular weight is 310 g/mol. The summed E-state index contributed by atoms with van der Waals surface area (Å²) in [5, 5.41) is 12.8. The Morgan fingerprint density at radius 2 is 1.81 bits per heavy atom. The number of benzene rings is 1. The van der Waals surface area contributed by atoms with Gasteiger partial charge in [-0.2, -0.15) is 4.73 Å². The first-order valence-electron chi connectivity index (χ1n) is 5.97. The SMILES string of the molecule is COC(=O)C(C(=O)OC)c1cccc2c(Cl)cc[n+]([O-])c12. The lowest BCUT2D eigenvalue weighted by atomic mass is 9.96. The summed E-state index contributed by atoms with van der Waals surface area (Å²) in [5.74, 6) is -2.97. The van der Waals surface area contributed by atoms with Gasteiger partial charge in [0, 0.05) is 6.07 Å². The van der Waals surface area contributed by atoms with Gasteiger partial charge in [0.05, 0.1) is 30.2 Å². The Bertz CT molecular complexity index is 700. The number of esters is 2. The first kappa shape index (κ1) is 15.1. The number of hydrogen-bond donors (Lipinski definition) is 0. The van der Waals surface area contributed by atoms with E-state index in [4.69, 9.17) is 11.6 Å². The second kappa shape index (κ2) is 5.97. The van der Waals surface area contributed by atoms with Gasteiger partial charge in [-0.1, -0.05) is 23.7 Å². The van der Waals surface area contributed by atoms with Crippen molar-refractivity contribution < 1.29 is 23.8 Å². The van der Waals surface area contributed by atoms with Crippen LogP contribution in [0.25, 0.3) is 10.9 Å². The van der Waals surface area contributed by atoms with Gasteiger partial charge in [0.1, 0.15) is 0 Å². The summed E-state index contributed by atoms with van der Waals surface area (Å²) in [6, 6.07) is 6.15. The van der Waals surface area contributed by atoms with Crippen molar-refractivity contribution in [3.05, 3.63) is 46.3 Å². The molecule has 0 saturated heterocycles. The fraction of sp³-hybridized carbons (Fsp3) is 0.214. The third-order valence-corrected chi connectivity index (χ3v) is 3.42. The van der Waals surface area contributed by atoms with Crippen LogP contribution in [0.15, 0.2) is 30.5 Å². The topological polar surface area (TPSA) is 79.5 Å². The number of carbonyl (C=O) groups excluding carboxylic acids is 2. The van der Waals surface area contributed by atoms with Crippen molar-refractivity contribution in [2.75, 3.05) is 14.2 Å². The zero-order valence-electron chi connectivity index (χ0n) is 11.3. The summed E-state index contributed by atoms with van der Waals surface area (Å²) in [6.07, 6.45) is 1.21. The molecule has 0 aliphatic heterocycles. The minimum absolute atomic E-state index is 0.130. The number of para-hydroxylation sites is 1. The molecule has 1 aromatic heterocycles. The van der Waals surface area contributed by atoms with E-state index in [9.17, 15) is 14.8 Å². The standard InChI is InChI=1S/C14H12ClNO5/c1-20-13(17)11(14(18)21-2)9-5-3-4-8-10(15)6-7-16(19)12(8)9/h3-7,11H,1-2H3. The van der Waals surface area contributed by atoms with Gasteiger partial charge in [-0.3, -0.25) is 9.59 Å². The second-order valence-electron chi connectivity index (χ2n) is 4.21. The molecule has 0 saturated carbocycles. The molecule has 2 aromatic rings. The van der Waals surface area contributed by atoms with Gasteiger partial charge in [-0.05, 0) is 6.07 Å². The lowest BCUT2D eigenvalue weighted by molar-refractivity contribution is -0.577. The van der Waals surface area contributed by atoms with Crippen LogP contribution in [0.5, 0.6) is 0 Å². The van der Waals surface area contributed by atoms with Crippen LogP contribution in [0.1, 0.15) is 11.5 Å². The lowest BCUT2D eigenvalue weighted by Crippen LogP contribution is -2.31. The molecule has 0 spiro atoms. The highest BCUT2D eigenvalue weighted by Crippen LogP contribution is 2.29. The molecule has 1 heterocycles. The Kier molecular flexibility index (Phi) is 4.28. The van der Waals surface area contributed by atoms with Crippen LogP contribution in [0.3, 0.4) is 0 Å². The monoisotopic (exact) mass is 309 g/mol. The number of pyridine rings is 1. The van der Waals surface area contributed by atoms with Crippen LogP contribution >= 0.6 is 11.6 Å². The molecule has 7 heteroatoms. The smallest absolute Gasteiger partial charge is 0.324 e. The van der Waals surface area contributed by atoms with Crippen molar-refractivity contribution in [3.8, 4) is 0 Å². The van der Waals surface area contributed by atoms with Gasteiger partial charge >= 0.3 is 11.9 Å². The summed E-state index contributed by atoms with van der Waals surface area (Å²) in [4.78, 5) is 23.8. The van der Waals surface area contributed by atoms with Crippen LogP contribution < -0.4 is 4.73 Å². The predicted molar refractivity (Wildman–Crippen MR) is 74.7 cm³/mol.